The minimum Gasteiger partial charge on any atom is -0.0622 e. The first-order valence-electron chi connectivity index (χ1n) is 7.48. The van der Waals surface area contributed by atoms with Crippen LogP contribution in [0.4, 0.5) is 0 Å². The van der Waals surface area contributed by atoms with E-state index in [-0.39, 0.29) is 5.41 Å². The molecule has 3 aromatic rings. The molecule has 0 aromatic heterocycles. The van der Waals surface area contributed by atoms with Crippen LogP contribution in [0.3, 0.4) is 0 Å². The zero-order chi connectivity index (χ0) is 14.4. The Morgan fingerprint density at radius 3 is 2.14 bits per heavy atom. The van der Waals surface area contributed by atoms with Crippen molar-refractivity contribution >= 4 is 0 Å². The minimum absolute atomic E-state index is 0.0563. The third-order valence-corrected chi connectivity index (χ3v) is 4.90. The van der Waals surface area contributed by atoms with Crippen LogP contribution in [0.15, 0.2) is 72.8 Å². The number of aryl methyl sites for hydroxylation is 1. The molecule has 0 saturated heterocycles. The second-order valence-corrected chi connectivity index (χ2v) is 6.03. The van der Waals surface area contributed by atoms with E-state index in [1.54, 1.807) is 0 Å². The largest absolute Gasteiger partial charge is 0.0622 e. The quantitative estimate of drug-likeness (QED) is 0.560. The number of hydrogen-bond donors (Lipinski definition) is 0. The lowest BCUT2D eigenvalue weighted by Gasteiger charge is -2.28. The van der Waals surface area contributed by atoms with E-state index in [2.05, 4.69) is 86.6 Å². The van der Waals surface area contributed by atoms with Crippen LogP contribution >= 0.6 is 0 Å². The molecule has 1 unspecified atom stereocenters. The summed E-state index contributed by atoms with van der Waals surface area (Å²) in [6, 6.07) is 26.4. The summed E-state index contributed by atoms with van der Waals surface area (Å²) in [7, 11) is 0. The van der Waals surface area contributed by atoms with E-state index in [4.69, 9.17) is 0 Å². The second-order valence-electron chi connectivity index (χ2n) is 6.03. The van der Waals surface area contributed by atoms with E-state index >= 15 is 0 Å². The SMILES string of the molecule is Cc1cccc2c1-c1ccccc1C2(C)c1ccccc1. The van der Waals surface area contributed by atoms with Crippen molar-refractivity contribution in [2.45, 2.75) is 19.3 Å². The fourth-order valence-electron chi connectivity index (χ4n) is 3.81. The molecule has 0 fully saturated rings. The van der Waals surface area contributed by atoms with Crippen molar-refractivity contribution in [1.29, 1.82) is 0 Å². The van der Waals surface area contributed by atoms with Crippen molar-refractivity contribution < 1.29 is 0 Å². The Labute approximate surface area is 126 Å². The van der Waals surface area contributed by atoms with Gasteiger partial charge in [0.25, 0.3) is 0 Å². The maximum atomic E-state index is 2.35. The first kappa shape index (κ1) is 12.4. The molecule has 102 valence electrons. The van der Waals surface area contributed by atoms with Gasteiger partial charge in [-0.2, -0.15) is 0 Å². The van der Waals surface area contributed by atoms with E-state index in [9.17, 15) is 0 Å². The topological polar surface area (TPSA) is 0 Å². The molecule has 0 bridgehead atoms. The number of rotatable bonds is 1. The van der Waals surface area contributed by atoms with Crippen LogP contribution in [0.1, 0.15) is 29.2 Å². The van der Waals surface area contributed by atoms with Gasteiger partial charge in [-0.25, -0.2) is 0 Å². The van der Waals surface area contributed by atoms with Gasteiger partial charge in [0.05, 0.1) is 0 Å². The molecule has 0 amide bonds. The molecular formula is C21H18. The van der Waals surface area contributed by atoms with Crippen LogP contribution < -0.4 is 0 Å². The number of fused-ring (bicyclic) bond motifs is 3. The van der Waals surface area contributed by atoms with Gasteiger partial charge in [-0.1, -0.05) is 72.8 Å². The van der Waals surface area contributed by atoms with Gasteiger partial charge in [-0.05, 0) is 47.2 Å². The lowest BCUT2D eigenvalue weighted by atomic mass is 9.74. The summed E-state index contributed by atoms with van der Waals surface area (Å²) in [4.78, 5) is 0. The number of benzene rings is 3. The maximum Gasteiger partial charge on any atom is 0.0435 e. The number of hydrogen-bond acceptors (Lipinski definition) is 0. The lowest BCUT2D eigenvalue weighted by molar-refractivity contribution is 0.713. The summed E-state index contributed by atoms with van der Waals surface area (Å²) < 4.78 is 0. The van der Waals surface area contributed by atoms with Crippen molar-refractivity contribution in [2.24, 2.45) is 0 Å². The predicted octanol–water partition coefficient (Wildman–Crippen LogP) is 5.33. The van der Waals surface area contributed by atoms with Crippen LogP contribution in [-0.4, -0.2) is 0 Å². The smallest absolute Gasteiger partial charge is 0.0435 e. The van der Waals surface area contributed by atoms with Crippen LogP contribution in [0, 0.1) is 6.92 Å². The highest BCUT2D eigenvalue weighted by Crippen LogP contribution is 2.52. The molecule has 0 nitrogen and oxygen atoms in total. The third-order valence-electron chi connectivity index (χ3n) is 4.90. The molecule has 0 radical (unpaired) electrons. The second kappa shape index (κ2) is 4.33. The average Bonchev–Trinajstić information content (AvgIpc) is 2.81. The predicted molar refractivity (Wildman–Crippen MR) is 88.6 cm³/mol. The molecule has 0 heteroatoms. The van der Waals surface area contributed by atoms with Crippen LogP contribution in [0.25, 0.3) is 11.1 Å². The van der Waals surface area contributed by atoms with Crippen molar-refractivity contribution in [1.82, 2.24) is 0 Å². The van der Waals surface area contributed by atoms with Crippen LogP contribution in [-0.2, 0) is 5.41 Å². The van der Waals surface area contributed by atoms with E-state index in [0.29, 0.717) is 0 Å². The Hall–Kier alpha value is -2.34. The van der Waals surface area contributed by atoms with E-state index in [1.165, 1.54) is 33.4 Å². The first-order valence-corrected chi connectivity index (χ1v) is 7.48. The highest BCUT2D eigenvalue weighted by Gasteiger charge is 2.40. The Morgan fingerprint density at radius 2 is 1.33 bits per heavy atom. The molecule has 0 saturated carbocycles. The molecule has 0 spiro atoms. The summed E-state index contributed by atoms with van der Waals surface area (Å²) in [6.45, 7) is 4.57. The van der Waals surface area contributed by atoms with E-state index in [1.807, 2.05) is 0 Å². The Bertz CT molecular complexity index is 814. The van der Waals surface area contributed by atoms with Crippen LogP contribution in [0.2, 0.25) is 0 Å². The van der Waals surface area contributed by atoms with Crippen molar-refractivity contribution in [3.8, 4) is 11.1 Å². The molecule has 0 heterocycles. The van der Waals surface area contributed by atoms with Gasteiger partial charge in [0, 0.05) is 5.41 Å². The van der Waals surface area contributed by atoms with E-state index in [0.717, 1.165) is 0 Å². The lowest BCUT2D eigenvalue weighted by Crippen LogP contribution is -2.22. The highest BCUT2D eigenvalue weighted by molar-refractivity contribution is 5.85. The average molecular weight is 270 g/mol. The molecule has 21 heavy (non-hydrogen) atoms. The van der Waals surface area contributed by atoms with Crippen molar-refractivity contribution in [3.05, 3.63) is 95.1 Å². The summed E-state index contributed by atoms with van der Waals surface area (Å²) in [5.41, 5.74) is 8.31. The Morgan fingerprint density at radius 1 is 0.667 bits per heavy atom. The highest BCUT2D eigenvalue weighted by atomic mass is 14.4. The van der Waals surface area contributed by atoms with Gasteiger partial charge in [-0.15, -0.1) is 0 Å². The van der Waals surface area contributed by atoms with Gasteiger partial charge in [0.2, 0.25) is 0 Å². The normalized spacial score (nSPS) is 19.1. The summed E-state index contributed by atoms with van der Waals surface area (Å²) >= 11 is 0. The zero-order valence-corrected chi connectivity index (χ0v) is 12.4. The third kappa shape index (κ3) is 1.56. The summed E-state index contributed by atoms with van der Waals surface area (Å²) in [5.74, 6) is 0. The Kier molecular flexibility index (Phi) is 2.56. The summed E-state index contributed by atoms with van der Waals surface area (Å²) in [5, 5.41) is 0. The van der Waals surface area contributed by atoms with Gasteiger partial charge in [0.15, 0.2) is 0 Å². The molecule has 0 aliphatic heterocycles. The molecule has 3 aromatic carbocycles. The minimum atomic E-state index is -0.0563. The standard InChI is InChI=1S/C21H18/c1-15-9-8-14-19-20(15)17-12-6-7-13-18(17)21(19,2)16-10-4-3-5-11-16/h3-14H,1-2H3. The van der Waals surface area contributed by atoms with Gasteiger partial charge in [0.1, 0.15) is 0 Å². The van der Waals surface area contributed by atoms with Crippen molar-refractivity contribution in [3.63, 3.8) is 0 Å². The summed E-state index contributed by atoms with van der Waals surface area (Å²) in [6.07, 6.45) is 0. The van der Waals surface area contributed by atoms with Gasteiger partial charge >= 0.3 is 0 Å². The van der Waals surface area contributed by atoms with Crippen LogP contribution in [0.5, 0.6) is 0 Å². The monoisotopic (exact) mass is 270 g/mol. The Balaban J connectivity index is 2.13. The fourth-order valence-corrected chi connectivity index (χ4v) is 3.81. The molecule has 4 rings (SSSR count). The molecule has 1 atom stereocenters. The zero-order valence-electron chi connectivity index (χ0n) is 12.4. The first-order chi connectivity index (χ1) is 10.2. The van der Waals surface area contributed by atoms with Gasteiger partial charge in [-0.3, -0.25) is 0 Å². The molecular weight excluding hydrogens is 252 g/mol. The molecule has 1 aliphatic rings. The van der Waals surface area contributed by atoms with Gasteiger partial charge < -0.3 is 0 Å². The molecule has 0 N–H and O–H groups in total. The van der Waals surface area contributed by atoms with Crippen molar-refractivity contribution in [2.75, 3.05) is 0 Å². The maximum absolute atomic E-state index is 2.35. The van der Waals surface area contributed by atoms with E-state index < -0.39 is 0 Å². The molecule has 1 aliphatic carbocycles. The fraction of sp³-hybridized carbons (Fsp3) is 0.143.